The normalized spacial score (nSPS) is 10.2. The van der Waals surface area contributed by atoms with Crippen LogP contribution in [0.5, 0.6) is 0 Å². The highest BCUT2D eigenvalue weighted by Crippen LogP contribution is 2.16. The molecule has 0 aliphatic carbocycles. The molecule has 0 aromatic heterocycles. The van der Waals surface area contributed by atoms with Crippen molar-refractivity contribution in [3.63, 3.8) is 0 Å². The van der Waals surface area contributed by atoms with Crippen LogP contribution in [0.1, 0.15) is 18.4 Å². The van der Waals surface area contributed by atoms with Gasteiger partial charge in [-0.25, -0.2) is 13.2 Å². The minimum atomic E-state index is -1.46. The summed E-state index contributed by atoms with van der Waals surface area (Å²) in [6, 6.07) is 2.05. The number of carbonyl (C=O) groups excluding carboxylic acids is 1. The first-order chi connectivity index (χ1) is 6.66. The first kappa shape index (κ1) is 10.8. The van der Waals surface area contributed by atoms with Crippen LogP contribution in [-0.4, -0.2) is 6.29 Å². The molecule has 4 heteroatoms. The maximum atomic E-state index is 13.0. The van der Waals surface area contributed by atoms with E-state index in [1.807, 2.05) is 0 Å². The maximum absolute atomic E-state index is 13.0. The Bertz CT molecular complexity index is 336. The minimum absolute atomic E-state index is 0.0825. The lowest BCUT2D eigenvalue weighted by molar-refractivity contribution is 0.440. The van der Waals surface area contributed by atoms with E-state index in [-0.39, 0.29) is 18.4 Å². The largest absolute Gasteiger partial charge is 0.291 e. The molecule has 0 saturated carbocycles. The van der Waals surface area contributed by atoms with Gasteiger partial charge in [0.05, 0.1) is 0 Å². The van der Waals surface area contributed by atoms with Gasteiger partial charge in [-0.1, -0.05) is 6.07 Å². The van der Waals surface area contributed by atoms with Gasteiger partial charge in [0.1, 0.15) is 0 Å². The Balaban J connectivity index is 2.78. The van der Waals surface area contributed by atoms with Gasteiger partial charge in [0.2, 0.25) is 0 Å². The van der Waals surface area contributed by atoms with E-state index in [4.69, 9.17) is 0 Å². The Hall–Kier alpha value is -1.32. The Morgan fingerprint density at radius 3 is 2.50 bits per heavy atom. The predicted molar refractivity (Wildman–Crippen MR) is 44.9 cm³/mol. The van der Waals surface area contributed by atoms with E-state index in [2.05, 4.69) is 0 Å². The van der Waals surface area contributed by atoms with Gasteiger partial charge in [-0.3, -0.25) is 4.79 Å². The minimum Gasteiger partial charge on any atom is -0.291 e. The summed E-state index contributed by atoms with van der Waals surface area (Å²) in [4.78, 5) is 9.85. The van der Waals surface area contributed by atoms with Gasteiger partial charge in [-0.15, -0.1) is 0 Å². The van der Waals surface area contributed by atoms with Crippen molar-refractivity contribution in [2.75, 3.05) is 0 Å². The van der Waals surface area contributed by atoms with Crippen molar-refractivity contribution in [2.45, 2.75) is 19.3 Å². The molecule has 0 fully saturated rings. The standard InChI is InChI=1S/C10H8F3O/c11-8-5-4-7(3-1-2-6-14)9(12)10(8)13/h4-5H,1-3H2. The lowest BCUT2D eigenvalue weighted by Gasteiger charge is -2.02. The Morgan fingerprint density at radius 1 is 1.14 bits per heavy atom. The monoisotopic (exact) mass is 201 g/mol. The SMILES string of the molecule is O=[C]CCCc1ccc(F)c(F)c1F. The smallest absolute Gasteiger partial charge is 0.198 e. The molecule has 0 atom stereocenters. The van der Waals surface area contributed by atoms with Crippen molar-refractivity contribution >= 4 is 6.29 Å². The number of hydrogen-bond acceptors (Lipinski definition) is 1. The van der Waals surface area contributed by atoms with Crippen molar-refractivity contribution in [3.8, 4) is 0 Å². The van der Waals surface area contributed by atoms with Gasteiger partial charge in [0.15, 0.2) is 23.7 Å². The molecule has 1 aromatic carbocycles. The molecule has 1 aromatic rings. The second-order valence-corrected chi connectivity index (χ2v) is 2.83. The molecular formula is C10H8F3O. The molecule has 14 heavy (non-hydrogen) atoms. The van der Waals surface area contributed by atoms with Crippen LogP contribution in [-0.2, 0) is 11.2 Å². The van der Waals surface area contributed by atoms with Crippen molar-refractivity contribution in [3.05, 3.63) is 35.1 Å². The fourth-order valence-electron chi connectivity index (χ4n) is 1.11. The third-order valence-electron chi connectivity index (χ3n) is 1.84. The average molecular weight is 201 g/mol. The van der Waals surface area contributed by atoms with Crippen molar-refractivity contribution in [1.29, 1.82) is 0 Å². The second kappa shape index (κ2) is 4.79. The lowest BCUT2D eigenvalue weighted by Crippen LogP contribution is -1.97. The summed E-state index contributed by atoms with van der Waals surface area (Å²) in [5.41, 5.74) is 0.0825. The quantitative estimate of drug-likeness (QED) is 0.540. The van der Waals surface area contributed by atoms with E-state index < -0.39 is 17.5 Å². The first-order valence-electron chi connectivity index (χ1n) is 4.14. The molecule has 0 bridgehead atoms. The Labute approximate surface area is 79.5 Å². The van der Waals surface area contributed by atoms with Crippen LogP contribution in [0, 0.1) is 17.5 Å². The molecule has 0 amide bonds. The third kappa shape index (κ3) is 2.34. The van der Waals surface area contributed by atoms with E-state index in [9.17, 15) is 18.0 Å². The summed E-state index contributed by atoms with van der Waals surface area (Å²) in [6.45, 7) is 0. The molecule has 1 nitrogen and oxygen atoms in total. The van der Waals surface area contributed by atoms with E-state index in [0.717, 1.165) is 6.07 Å². The third-order valence-corrected chi connectivity index (χ3v) is 1.84. The molecule has 0 aliphatic heterocycles. The molecule has 0 unspecified atom stereocenters. The summed E-state index contributed by atoms with van der Waals surface area (Å²) in [7, 11) is 0. The number of hydrogen-bond donors (Lipinski definition) is 0. The Kier molecular flexibility index (Phi) is 3.68. The zero-order valence-corrected chi connectivity index (χ0v) is 7.32. The summed E-state index contributed by atoms with van der Waals surface area (Å²) < 4.78 is 38.1. The number of rotatable bonds is 4. The van der Waals surface area contributed by atoms with Crippen LogP contribution >= 0.6 is 0 Å². The van der Waals surface area contributed by atoms with E-state index in [1.54, 1.807) is 6.29 Å². The molecular weight excluding hydrogens is 193 g/mol. The molecule has 0 saturated heterocycles. The van der Waals surface area contributed by atoms with E-state index in [1.165, 1.54) is 6.07 Å². The summed E-state index contributed by atoms with van der Waals surface area (Å²) in [6.07, 6.45) is 2.40. The summed E-state index contributed by atoms with van der Waals surface area (Å²) in [5.74, 6) is -3.83. The number of benzene rings is 1. The Morgan fingerprint density at radius 2 is 1.86 bits per heavy atom. The molecule has 0 N–H and O–H groups in total. The predicted octanol–water partition coefficient (Wildman–Crippen LogP) is 2.54. The fourth-order valence-corrected chi connectivity index (χ4v) is 1.11. The van der Waals surface area contributed by atoms with Crippen LogP contribution in [0.15, 0.2) is 12.1 Å². The number of unbranched alkanes of at least 4 members (excludes halogenated alkanes) is 1. The van der Waals surface area contributed by atoms with Crippen LogP contribution in [0.3, 0.4) is 0 Å². The fraction of sp³-hybridized carbons (Fsp3) is 0.300. The van der Waals surface area contributed by atoms with Crippen LogP contribution in [0.4, 0.5) is 13.2 Å². The van der Waals surface area contributed by atoms with Crippen LogP contribution in [0.25, 0.3) is 0 Å². The second-order valence-electron chi connectivity index (χ2n) is 2.83. The first-order valence-corrected chi connectivity index (χ1v) is 4.14. The molecule has 0 aliphatic rings. The highest BCUT2D eigenvalue weighted by Gasteiger charge is 2.12. The zero-order chi connectivity index (χ0) is 10.6. The van der Waals surface area contributed by atoms with Gasteiger partial charge in [-0.2, -0.15) is 0 Å². The molecule has 1 radical (unpaired) electrons. The van der Waals surface area contributed by atoms with Crippen LogP contribution in [0.2, 0.25) is 0 Å². The molecule has 0 spiro atoms. The topological polar surface area (TPSA) is 17.1 Å². The molecule has 1 rings (SSSR count). The van der Waals surface area contributed by atoms with Gasteiger partial charge in [0.25, 0.3) is 0 Å². The lowest BCUT2D eigenvalue weighted by atomic mass is 10.1. The number of aryl methyl sites for hydroxylation is 1. The molecule has 0 heterocycles. The van der Waals surface area contributed by atoms with E-state index in [0.29, 0.717) is 6.42 Å². The van der Waals surface area contributed by atoms with Crippen LogP contribution < -0.4 is 0 Å². The van der Waals surface area contributed by atoms with Crippen molar-refractivity contribution in [1.82, 2.24) is 0 Å². The average Bonchev–Trinajstić information content (AvgIpc) is 2.18. The van der Waals surface area contributed by atoms with Gasteiger partial charge < -0.3 is 0 Å². The van der Waals surface area contributed by atoms with Crippen molar-refractivity contribution < 1.29 is 18.0 Å². The van der Waals surface area contributed by atoms with E-state index >= 15 is 0 Å². The van der Waals surface area contributed by atoms with Gasteiger partial charge in [-0.05, 0) is 24.5 Å². The summed E-state index contributed by atoms with van der Waals surface area (Å²) in [5, 5.41) is 0. The zero-order valence-electron chi connectivity index (χ0n) is 7.32. The highest BCUT2D eigenvalue weighted by atomic mass is 19.2. The number of halogens is 3. The summed E-state index contributed by atoms with van der Waals surface area (Å²) >= 11 is 0. The maximum Gasteiger partial charge on any atom is 0.198 e. The van der Waals surface area contributed by atoms with Gasteiger partial charge in [0, 0.05) is 6.42 Å². The highest BCUT2D eigenvalue weighted by molar-refractivity contribution is 5.50. The van der Waals surface area contributed by atoms with Gasteiger partial charge >= 0.3 is 0 Å². The van der Waals surface area contributed by atoms with Crippen molar-refractivity contribution in [2.24, 2.45) is 0 Å². The molecule has 75 valence electrons.